The van der Waals surface area contributed by atoms with Crippen LogP contribution < -0.4 is 4.74 Å². The Morgan fingerprint density at radius 1 is 1.47 bits per heavy atom. The molecule has 0 spiro atoms. The van der Waals surface area contributed by atoms with Crippen molar-refractivity contribution in [2.24, 2.45) is 7.05 Å². The minimum atomic E-state index is -1.08. The Bertz CT molecular complexity index is 625. The van der Waals surface area contributed by atoms with Crippen molar-refractivity contribution in [2.75, 3.05) is 0 Å². The van der Waals surface area contributed by atoms with E-state index in [-0.39, 0.29) is 17.9 Å². The Labute approximate surface area is 119 Å². The van der Waals surface area contributed by atoms with Crippen LogP contribution in [0.3, 0.4) is 0 Å². The van der Waals surface area contributed by atoms with E-state index in [1.54, 1.807) is 11.6 Å². The highest BCUT2D eigenvalue weighted by Crippen LogP contribution is 2.24. The SMILES string of the molecule is Cn1c(Cl)cnc1COc1cc(Cl)ccc1C(=O)O. The number of imidazole rings is 1. The van der Waals surface area contributed by atoms with Gasteiger partial charge in [0, 0.05) is 12.1 Å². The highest BCUT2D eigenvalue weighted by molar-refractivity contribution is 6.30. The molecule has 19 heavy (non-hydrogen) atoms. The number of carbonyl (C=O) groups is 1. The molecule has 5 nitrogen and oxygen atoms in total. The fraction of sp³-hybridized carbons (Fsp3) is 0.167. The first-order valence-corrected chi connectivity index (χ1v) is 6.06. The summed E-state index contributed by atoms with van der Waals surface area (Å²) in [5, 5.41) is 9.92. The second-order valence-electron chi connectivity index (χ2n) is 3.79. The maximum Gasteiger partial charge on any atom is 0.339 e. The topological polar surface area (TPSA) is 64.4 Å². The van der Waals surface area contributed by atoms with Gasteiger partial charge in [-0.3, -0.25) is 0 Å². The van der Waals surface area contributed by atoms with Gasteiger partial charge in [-0.25, -0.2) is 9.78 Å². The minimum Gasteiger partial charge on any atom is -0.485 e. The molecule has 0 aliphatic rings. The van der Waals surface area contributed by atoms with Gasteiger partial charge < -0.3 is 14.4 Å². The Balaban J connectivity index is 2.21. The van der Waals surface area contributed by atoms with Gasteiger partial charge in [0.2, 0.25) is 0 Å². The predicted molar refractivity (Wildman–Crippen MR) is 71.0 cm³/mol. The smallest absolute Gasteiger partial charge is 0.339 e. The summed E-state index contributed by atoms with van der Waals surface area (Å²) in [5.41, 5.74) is 0.0460. The second kappa shape index (κ2) is 5.50. The molecule has 2 aromatic rings. The number of benzene rings is 1. The van der Waals surface area contributed by atoms with E-state index in [9.17, 15) is 4.79 Å². The molecule has 0 aliphatic heterocycles. The van der Waals surface area contributed by atoms with Gasteiger partial charge in [-0.15, -0.1) is 0 Å². The van der Waals surface area contributed by atoms with Gasteiger partial charge in [-0.2, -0.15) is 0 Å². The Morgan fingerprint density at radius 3 is 2.79 bits per heavy atom. The molecule has 0 radical (unpaired) electrons. The van der Waals surface area contributed by atoms with Crippen molar-refractivity contribution >= 4 is 29.2 Å². The molecule has 0 amide bonds. The lowest BCUT2D eigenvalue weighted by atomic mass is 10.2. The molecule has 1 heterocycles. The van der Waals surface area contributed by atoms with Crippen LogP contribution in [0.5, 0.6) is 5.75 Å². The number of hydrogen-bond donors (Lipinski definition) is 1. The third-order valence-electron chi connectivity index (χ3n) is 2.56. The third kappa shape index (κ3) is 3.00. The molecule has 100 valence electrons. The van der Waals surface area contributed by atoms with Gasteiger partial charge in [0.25, 0.3) is 0 Å². The zero-order valence-electron chi connectivity index (χ0n) is 9.93. The number of ether oxygens (including phenoxy) is 1. The van der Waals surface area contributed by atoms with Crippen LogP contribution in [-0.2, 0) is 13.7 Å². The summed E-state index contributed by atoms with van der Waals surface area (Å²) in [6.45, 7) is 0.101. The van der Waals surface area contributed by atoms with Crippen molar-refractivity contribution in [3.63, 3.8) is 0 Å². The second-order valence-corrected chi connectivity index (χ2v) is 4.61. The zero-order chi connectivity index (χ0) is 14.0. The van der Waals surface area contributed by atoms with Crippen molar-refractivity contribution in [3.8, 4) is 5.75 Å². The first-order chi connectivity index (χ1) is 8.99. The highest BCUT2D eigenvalue weighted by Gasteiger charge is 2.13. The van der Waals surface area contributed by atoms with E-state index in [0.29, 0.717) is 16.0 Å². The van der Waals surface area contributed by atoms with Gasteiger partial charge in [0.05, 0.1) is 6.20 Å². The van der Waals surface area contributed by atoms with Crippen molar-refractivity contribution in [1.29, 1.82) is 0 Å². The van der Waals surface area contributed by atoms with E-state index >= 15 is 0 Å². The number of hydrogen-bond acceptors (Lipinski definition) is 3. The van der Waals surface area contributed by atoms with Crippen LogP contribution in [0.2, 0.25) is 10.2 Å². The van der Waals surface area contributed by atoms with Crippen LogP contribution in [0.1, 0.15) is 16.2 Å². The normalized spacial score (nSPS) is 10.5. The summed E-state index contributed by atoms with van der Waals surface area (Å²) >= 11 is 11.7. The third-order valence-corrected chi connectivity index (χ3v) is 3.14. The molecule has 1 aromatic carbocycles. The van der Waals surface area contributed by atoms with Gasteiger partial charge in [0.15, 0.2) is 0 Å². The van der Waals surface area contributed by atoms with Gasteiger partial charge >= 0.3 is 5.97 Å². The Morgan fingerprint density at radius 2 is 2.21 bits per heavy atom. The fourth-order valence-electron chi connectivity index (χ4n) is 1.49. The number of rotatable bonds is 4. The van der Waals surface area contributed by atoms with E-state index in [0.717, 1.165) is 0 Å². The summed E-state index contributed by atoms with van der Waals surface area (Å²) < 4.78 is 7.10. The van der Waals surface area contributed by atoms with Crippen molar-refractivity contribution in [3.05, 3.63) is 46.0 Å². The lowest BCUT2D eigenvalue weighted by molar-refractivity contribution is 0.0691. The molecule has 0 fully saturated rings. The first-order valence-electron chi connectivity index (χ1n) is 5.30. The van der Waals surface area contributed by atoms with E-state index in [4.69, 9.17) is 33.0 Å². The van der Waals surface area contributed by atoms with Crippen LogP contribution in [0.4, 0.5) is 0 Å². The zero-order valence-corrected chi connectivity index (χ0v) is 11.4. The standard InChI is InChI=1S/C12H10Cl2N2O3/c1-16-10(14)5-15-11(16)6-19-9-4-7(13)2-3-8(9)12(17)18/h2-5H,6H2,1H3,(H,17,18). The predicted octanol–water partition coefficient (Wildman–Crippen LogP) is 3.00. The van der Waals surface area contributed by atoms with E-state index in [1.165, 1.54) is 24.4 Å². The molecule has 2 rings (SSSR count). The van der Waals surface area contributed by atoms with Crippen LogP contribution in [-0.4, -0.2) is 20.6 Å². The van der Waals surface area contributed by atoms with Crippen LogP contribution in [0, 0.1) is 0 Å². The molecule has 0 saturated heterocycles. The number of aromatic carboxylic acids is 1. The van der Waals surface area contributed by atoms with Crippen LogP contribution in [0.25, 0.3) is 0 Å². The number of nitrogens with zero attached hydrogens (tertiary/aromatic N) is 2. The molecule has 7 heteroatoms. The van der Waals surface area contributed by atoms with Crippen molar-refractivity contribution in [1.82, 2.24) is 9.55 Å². The summed E-state index contributed by atoms with van der Waals surface area (Å²) in [6.07, 6.45) is 1.50. The summed E-state index contributed by atoms with van der Waals surface area (Å²) in [6, 6.07) is 4.34. The monoisotopic (exact) mass is 300 g/mol. The van der Waals surface area contributed by atoms with Crippen molar-refractivity contribution < 1.29 is 14.6 Å². The maximum atomic E-state index is 11.1. The Kier molecular flexibility index (Phi) is 3.97. The molecule has 1 N–H and O–H groups in total. The van der Waals surface area contributed by atoms with Crippen LogP contribution >= 0.6 is 23.2 Å². The molecular formula is C12H10Cl2N2O3. The van der Waals surface area contributed by atoms with E-state index in [1.807, 2.05) is 0 Å². The molecule has 0 atom stereocenters. The van der Waals surface area contributed by atoms with E-state index in [2.05, 4.69) is 4.98 Å². The highest BCUT2D eigenvalue weighted by atomic mass is 35.5. The molecule has 0 aliphatic carbocycles. The quantitative estimate of drug-likeness (QED) is 0.943. The lowest BCUT2D eigenvalue weighted by Crippen LogP contribution is -2.07. The molecule has 0 unspecified atom stereocenters. The average molecular weight is 301 g/mol. The Hall–Kier alpha value is -1.72. The summed E-state index contributed by atoms with van der Waals surface area (Å²) in [4.78, 5) is 15.1. The average Bonchev–Trinajstić information content (AvgIpc) is 2.67. The molecule has 0 saturated carbocycles. The van der Waals surface area contributed by atoms with Crippen molar-refractivity contribution in [2.45, 2.75) is 6.61 Å². The fourth-order valence-corrected chi connectivity index (χ4v) is 1.80. The number of carboxylic acids is 1. The van der Waals surface area contributed by atoms with Gasteiger partial charge in [-0.05, 0) is 18.2 Å². The largest absolute Gasteiger partial charge is 0.485 e. The summed E-state index contributed by atoms with van der Waals surface area (Å²) in [7, 11) is 1.74. The first kappa shape index (κ1) is 13.7. The van der Waals surface area contributed by atoms with E-state index < -0.39 is 5.97 Å². The maximum absolute atomic E-state index is 11.1. The molecular weight excluding hydrogens is 291 g/mol. The number of carboxylic acid groups (broad SMARTS) is 1. The number of halogens is 2. The summed E-state index contributed by atoms with van der Waals surface area (Å²) in [5.74, 6) is -0.301. The molecule has 1 aromatic heterocycles. The lowest BCUT2D eigenvalue weighted by Gasteiger charge is -2.09. The van der Waals surface area contributed by atoms with Gasteiger partial charge in [-0.1, -0.05) is 23.2 Å². The van der Waals surface area contributed by atoms with Gasteiger partial charge in [0.1, 0.15) is 28.9 Å². The number of aromatic nitrogens is 2. The minimum absolute atomic E-state index is 0.0460. The molecule has 0 bridgehead atoms. The van der Waals surface area contributed by atoms with Crippen LogP contribution in [0.15, 0.2) is 24.4 Å².